The molecule has 0 spiro atoms. The molecule has 1 aromatic heterocycles. The highest BCUT2D eigenvalue weighted by molar-refractivity contribution is 7.10. The topological polar surface area (TPSA) is 40.6 Å². The fourth-order valence-electron chi connectivity index (χ4n) is 2.53. The van der Waals surface area contributed by atoms with Gasteiger partial charge in [-0.15, -0.1) is 11.3 Å². The summed E-state index contributed by atoms with van der Waals surface area (Å²) in [5.74, 6) is -0.885. The molecule has 3 rings (SSSR count). The summed E-state index contributed by atoms with van der Waals surface area (Å²) < 4.78 is 0. The SMILES string of the molecule is CC(c1cccs1)N(C)c1ccc2c(c1)N(C)C(=O)C2=O. The minimum Gasteiger partial charge on any atom is -0.367 e. The fraction of sp³-hybridized carbons (Fsp3) is 0.250. The lowest BCUT2D eigenvalue weighted by Crippen LogP contribution is -2.25. The molecule has 1 aliphatic rings. The van der Waals surface area contributed by atoms with Gasteiger partial charge in [-0.25, -0.2) is 0 Å². The maximum absolute atomic E-state index is 11.8. The summed E-state index contributed by atoms with van der Waals surface area (Å²) in [5.41, 5.74) is 2.17. The van der Waals surface area contributed by atoms with Crippen LogP contribution in [0.15, 0.2) is 35.7 Å². The van der Waals surface area contributed by atoms with E-state index in [1.165, 1.54) is 9.78 Å². The van der Waals surface area contributed by atoms with Crippen LogP contribution in [0.4, 0.5) is 11.4 Å². The molecule has 0 saturated heterocycles. The van der Waals surface area contributed by atoms with Crippen LogP contribution in [0.5, 0.6) is 0 Å². The summed E-state index contributed by atoms with van der Waals surface area (Å²) >= 11 is 1.72. The lowest BCUT2D eigenvalue weighted by molar-refractivity contribution is -0.114. The van der Waals surface area contributed by atoms with E-state index in [0.29, 0.717) is 11.3 Å². The van der Waals surface area contributed by atoms with Gasteiger partial charge in [0.15, 0.2) is 0 Å². The van der Waals surface area contributed by atoms with E-state index in [2.05, 4.69) is 23.3 Å². The lowest BCUT2D eigenvalue weighted by Gasteiger charge is -2.27. The van der Waals surface area contributed by atoms with Crippen LogP contribution in [0.1, 0.15) is 28.2 Å². The summed E-state index contributed by atoms with van der Waals surface area (Å²) in [6.07, 6.45) is 0. The number of fused-ring (bicyclic) bond motifs is 1. The standard InChI is InChI=1S/C16H16N2O2S/c1-10(14-5-4-8-21-14)17(2)11-6-7-12-13(9-11)18(3)16(20)15(12)19/h4-10H,1-3H3. The van der Waals surface area contributed by atoms with Crippen molar-refractivity contribution in [1.82, 2.24) is 0 Å². The Balaban J connectivity index is 1.95. The number of rotatable bonds is 3. The number of nitrogens with zero attached hydrogens (tertiary/aromatic N) is 2. The normalized spacial score (nSPS) is 15.3. The van der Waals surface area contributed by atoms with E-state index in [1.54, 1.807) is 24.5 Å². The van der Waals surface area contributed by atoms with Crippen LogP contribution in [0, 0.1) is 0 Å². The molecule has 1 amide bonds. The Labute approximate surface area is 127 Å². The molecule has 1 aromatic carbocycles. The number of benzene rings is 1. The van der Waals surface area contributed by atoms with Gasteiger partial charge in [-0.2, -0.15) is 0 Å². The molecule has 2 heterocycles. The molecule has 2 aromatic rings. The minimum absolute atomic E-state index is 0.237. The molecule has 0 aliphatic carbocycles. The molecule has 108 valence electrons. The van der Waals surface area contributed by atoms with Gasteiger partial charge in [0.1, 0.15) is 0 Å². The zero-order valence-corrected chi connectivity index (χ0v) is 13.0. The second kappa shape index (κ2) is 5.00. The van der Waals surface area contributed by atoms with Crippen molar-refractivity contribution >= 4 is 34.4 Å². The molecule has 1 unspecified atom stereocenters. The zero-order chi connectivity index (χ0) is 15.1. The van der Waals surface area contributed by atoms with Crippen LogP contribution in [-0.4, -0.2) is 25.8 Å². The Hall–Kier alpha value is -2.14. The number of ketones is 1. The van der Waals surface area contributed by atoms with Crippen molar-refractivity contribution in [3.8, 4) is 0 Å². The van der Waals surface area contributed by atoms with Crippen molar-refractivity contribution in [2.24, 2.45) is 0 Å². The number of amides is 1. The van der Waals surface area contributed by atoms with E-state index >= 15 is 0 Å². The number of hydrogen-bond acceptors (Lipinski definition) is 4. The van der Waals surface area contributed by atoms with E-state index in [0.717, 1.165) is 5.69 Å². The fourth-order valence-corrected chi connectivity index (χ4v) is 3.36. The number of anilines is 2. The van der Waals surface area contributed by atoms with Gasteiger partial charge in [0.25, 0.3) is 11.7 Å². The third-order valence-corrected chi connectivity index (χ3v) is 5.07. The van der Waals surface area contributed by atoms with E-state index in [-0.39, 0.29) is 6.04 Å². The summed E-state index contributed by atoms with van der Waals surface area (Å²) in [6.45, 7) is 2.14. The molecule has 1 atom stereocenters. The van der Waals surface area contributed by atoms with Gasteiger partial charge in [0.05, 0.1) is 17.3 Å². The Morgan fingerprint density at radius 3 is 2.67 bits per heavy atom. The molecular formula is C16H16N2O2S. The predicted molar refractivity (Wildman–Crippen MR) is 85.3 cm³/mol. The molecule has 0 bridgehead atoms. The summed E-state index contributed by atoms with van der Waals surface area (Å²) in [7, 11) is 3.66. The first-order valence-corrected chi connectivity index (χ1v) is 7.61. The van der Waals surface area contributed by atoms with Gasteiger partial charge in [0, 0.05) is 24.7 Å². The Morgan fingerprint density at radius 1 is 1.24 bits per heavy atom. The maximum Gasteiger partial charge on any atom is 0.299 e. The largest absolute Gasteiger partial charge is 0.367 e. The second-order valence-electron chi connectivity index (χ2n) is 5.20. The van der Waals surface area contributed by atoms with Crippen LogP contribution in [0.2, 0.25) is 0 Å². The Bertz CT molecular complexity index is 709. The quantitative estimate of drug-likeness (QED) is 0.818. The molecule has 1 aliphatic heterocycles. The Kier molecular flexibility index (Phi) is 3.29. The van der Waals surface area contributed by atoms with E-state index in [4.69, 9.17) is 0 Å². The number of carbonyl (C=O) groups is 2. The van der Waals surface area contributed by atoms with Crippen molar-refractivity contribution in [3.63, 3.8) is 0 Å². The van der Waals surface area contributed by atoms with Crippen LogP contribution >= 0.6 is 11.3 Å². The molecule has 0 fully saturated rings. The van der Waals surface area contributed by atoms with Crippen molar-refractivity contribution in [2.45, 2.75) is 13.0 Å². The van der Waals surface area contributed by atoms with Crippen LogP contribution < -0.4 is 9.80 Å². The molecule has 21 heavy (non-hydrogen) atoms. The van der Waals surface area contributed by atoms with Crippen molar-refractivity contribution in [3.05, 3.63) is 46.2 Å². The molecule has 0 radical (unpaired) electrons. The number of likely N-dealkylation sites (N-methyl/N-ethyl adjacent to an activating group) is 1. The predicted octanol–water partition coefficient (Wildman–Crippen LogP) is 3.10. The smallest absolute Gasteiger partial charge is 0.299 e. The highest BCUT2D eigenvalue weighted by atomic mass is 32.1. The van der Waals surface area contributed by atoms with Gasteiger partial charge in [0.2, 0.25) is 0 Å². The van der Waals surface area contributed by atoms with Crippen molar-refractivity contribution in [2.75, 3.05) is 23.9 Å². The van der Waals surface area contributed by atoms with Crippen LogP contribution in [0.25, 0.3) is 0 Å². The van der Waals surface area contributed by atoms with E-state index < -0.39 is 11.7 Å². The monoisotopic (exact) mass is 300 g/mol. The molecule has 5 heteroatoms. The van der Waals surface area contributed by atoms with E-state index in [9.17, 15) is 9.59 Å². The average Bonchev–Trinajstić information content (AvgIpc) is 3.10. The highest BCUT2D eigenvalue weighted by Crippen LogP contribution is 2.34. The molecule has 4 nitrogen and oxygen atoms in total. The lowest BCUT2D eigenvalue weighted by atomic mass is 10.1. The highest BCUT2D eigenvalue weighted by Gasteiger charge is 2.33. The number of Topliss-reactive ketones (excluding diaryl/α,β-unsaturated/α-hetero) is 1. The average molecular weight is 300 g/mol. The van der Waals surface area contributed by atoms with Crippen molar-refractivity contribution in [1.29, 1.82) is 0 Å². The summed E-state index contributed by atoms with van der Waals surface area (Å²) in [4.78, 5) is 28.4. The number of thiophene rings is 1. The van der Waals surface area contributed by atoms with Gasteiger partial charge < -0.3 is 9.80 Å². The first-order valence-electron chi connectivity index (χ1n) is 6.73. The second-order valence-corrected chi connectivity index (χ2v) is 6.18. The first kappa shape index (κ1) is 13.8. The Morgan fingerprint density at radius 2 is 2.00 bits per heavy atom. The molecular weight excluding hydrogens is 284 g/mol. The van der Waals surface area contributed by atoms with Gasteiger partial charge in [-0.3, -0.25) is 9.59 Å². The third-order valence-electron chi connectivity index (χ3n) is 4.03. The van der Waals surface area contributed by atoms with Gasteiger partial charge in [-0.1, -0.05) is 6.07 Å². The third kappa shape index (κ3) is 2.14. The minimum atomic E-state index is -0.462. The summed E-state index contributed by atoms with van der Waals surface area (Å²) in [6, 6.07) is 9.93. The first-order chi connectivity index (χ1) is 10.0. The van der Waals surface area contributed by atoms with Crippen LogP contribution in [0.3, 0.4) is 0 Å². The molecule has 0 N–H and O–H groups in total. The molecule has 0 saturated carbocycles. The zero-order valence-electron chi connectivity index (χ0n) is 12.2. The van der Waals surface area contributed by atoms with Crippen LogP contribution in [-0.2, 0) is 4.79 Å². The van der Waals surface area contributed by atoms with Gasteiger partial charge in [-0.05, 0) is 36.6 Å². The number of carbonyl (C=O) groups excluding carboxylic acids is 2. The van der Waals surface area contributed by atoms with Gasteiger partial charge >= 0.3 is 0 Å². The number of hydrogen-bond donors (Lipinski definition) is 0. The van der Waals surface area contributed by atoms with E-state index in [1.807, 2.05) is 25.2 Å². The summed E-state index contributed by atoms with van der Waals surface area (Å²) in [5, 5.41) is 2.06. The maximum atomic E-state index is 11.8. The van der Waals surface area contributed by atoms with Crippen molar-refractivity contribution < 1.29 is 9.59 Å².